The van der Waals surface area contributed by atoms with Gasteiger partial charge in [0, 0.05) is 12.7 Å². The van der Waals surface area contributed by atoms with Crippen molar-refractivity contribution in [3.05, 3.63) is 18.0 Å². The van der Waals surface area contributed by atoms with E-state index in [0.29, 0.717) is 4.68 Å². The van der Waals surface area contributed by atoms with E-state index < -0.39 is 12.5 Å². The quantitative estimate of drug-likeness (QED) is 0.727. The topological polar surface area (TPSA) is 67.2 Å². The first-order valence-electron chi connectivity index (χ1n) is 3.87. The Morgan fingerprint density at radius 1 is 1.71 bits per heavy atom. The van der Waals surface area contributed by atoms with Gasteiger partial charge in [0.1, 0.15) is 5.69 Å². The molecular formula is C7H9F2N3O2. The van der Waals surface area contributed by atoms with Crippen LogP contribution < -0.4 is 5.32 Å². The number of alkyl halides is 2. The van der Waals surface area contributed by atoms with E-state index in [0.717, 1.165) is 6.20 Å². The normalized spacial score (nSPS) is 10.6. The van der Waals surface area contributed by atoms with Crippen molar-refractivity contribution >= 4 is 5.91 Å². The molecule has 0 radical (unpaired) electrons. The molecule has 0 spiro atoms. The Morgan fingerprint density at radius 3 is 2.93 bits per heavy atom. The standard InChI is InChI=1S/C7H9F2N3O2/c8-7(9)12-3-1-5(11-12)6(14)10-2-4-13/h1,3,7,13H,2,4H2,(H,10,14). The highest BCUT2D eigenvalue weighted by molar-refractivity contribution is 5.92. The van der Waals surface area contributed by atoms with Crippen molar-refractivity contribution < 1.29 is 18.7 Å². The van der Waals surface area contributed by atoms with Crippen molar-refractivity contribution in [2.75, 3.05) is 13.2 Å². The molecule has 1 rings (SSSR count). The van der Waals surface area contributed by atoms with Gasteiger partial charge in [0.05, 0.1) is 6.61 Å². The van der Waals surface area contributed by atoms with Gasteiger partial charge in [-0.05, 0) is 6.07 Å². The summed E-state index contributed by atoms with van der Waals surface area (Å²) in [5, 5.41) is 14.0. The first kappa shape index (κ1) is 10.6. The molecule has 0 fully saturated rings. The van der Waals surface area contributed by atoms with Crippen LogP contribution in [0, 0.1) is 0 Å². The molecule has 14 heavy (non-hydrogen) atoms. The fraction of sp³-hybridized carbons (Fsp3) is 0.429. The van der Waals surface area contributed by atoms with E-state index in [1.165, 1.54) is 6.07 Å². The molecule has 1 aromatic heterocycles. The van der Waals surface area contributed by atoms with Crippen LogP contribution in [0.4, 0.5) is 8.78 Å². The van der Waals surface area contributed by atoms with Crippen LogP contribution in [-0.2, 0) is 0 Å². The number of aliphatic hydroxyl groups is 1. The second kappa shape index (κ2) is 4.66. The maximum absolute atomic E-state index is 12.0. The van der Waals surface area contributed by atoms with Crippen LogP contribution in [0.15, 0.2) is 12.3 Å². The number of halogens is 2. The highest BCUT2D eigenvalue weighted by Gasteiger charge is 2.12. The average Bonchev–Trinajstić information content (AvgIpc) is 2.62. The Kier molecular flexibility index (Phi) is 3.52. The molecule has 0 aliphatic rings. The average molecular weight is 205 g/mol. The lowest BCUT2D eigenvalue weighted by molar-refractivity contribution is 0.0559. The third-order valence-corrected chi connectivity index (χ3v) is 1.44. The van der Waals surface area contributed by atoms with Gasteiger partial charge in [0.2, 0.25) is 0 Å². The Labute approximate surface area is 78.3 Å². The summed E-state index contributed by atoms with van der Waals surface area (Å²) >= 11 is 0. The minimum absolute atomic E-state index is 0.0698. The molecule has 5 nitrogen and oxygen atoms in total. The zero-order valence-electron chi connectivity index (χ0n) is 7.15. The first-order valence-corrected chi connectivity index (χ1v) is 3.87. The number of rotatable bonds is 4. The zero-order chi connectivity index (χ0) is 10.6. The number of carbonyl (C=O) groups is 1. The van der Waals surface area contributed by atoms with E-state index in [4.69, 9.17) is 5.11 Å². The predicted molar refractivity (Wildman–Crippen MR) is 42.9 cm³/mol. The number of nitrogens with one attached hydrogen (secondary N) is 1. The van der Waals surface area contributed by atoms with E-state index in [9.17, 15) is 13.6 Å². The van der Waals surface area contributed by atoms with Crippen LogP contribution in [0.25, 0.3) is 0 Å². The third kappa shape index (κ3) is 2.49. The van der Waals surface area contributed by atoms with E-state index in [1.807, 2.05) is 0 Å². The predicted octanol–water partition coefficient (Wildman–Crippen LogP) is 0.000300. The summed E-state index contributed by atoms with van der Waals surface area (Å²) in [5.41, 5.74) is -0.0984. The molecule has 7 heteroatoms. The monoisotopic (exact) mass is 205 g/mol. The van der Waals surface area contributed by atoms with Crippen LogP contribution >= 0.6 is 0 Å². The third-order valence-electron chi connectivity index (χ3n) is 1.44. The number of amides is 1. The molecule has 0 atom stereocenters. The van der Waals surface area contributed by atoms with E-state index in [2.05, 4.69) is 10.4 Å². The van der Waals surface area contributed by atoms with Crippen molar-refractivity contribution in [1.82, 2.24) is 15.1 Å². The maximum Gasteiger partial charge on any atom is 0.333 e. The van der Waals surface area contributed by atoms with Gasteiger partial charge in [0.15, 0.2) is 0 Å². The zero-order valence-corrected chi connectivity index (χ0v) is 7.15. The smallest absolute Gasteiger partial charge is 0.333 e. The van der Waals surface area contributed by atoms with Gasteiger partial charge in [-0.3, -0.25) is 4.79 Å². The molecule has 1 amide bonds. The van der Waals surface area contributed by atoms with Gasteiger partial charge in [-0.1, -0.05) is 0 Å². The first-order chi connectivity index (χ1) is 6.65. The molecule has 0 aliphatic heterocycles. The second-order valence-electron chi connectivity index (χ2n) is 2.44. The molecule has 2 N–H and O–H groups in total. The van der Waals surface area contributed by atoms with Crippen LogP contribution in [0.5, 0.6) is 0 Å². The van der Waals surface area contributed by atoms with Gasteiger partial charge in [-0.15, -0.1) is 0 Å². The lowest BCUT2D eigenvalue weighted by atomic mass is 10.4. The summed E-state index contributed by atoms with van der Waals surface area (Å²) in [5.74, 6) is -0.585. The SMILES string of the molecule is O=C(NCCO)c1ccn(C(F)F)n1. The lowest BCUT2D eigenvalue weighted by Crippen LogP contribution is -2.26. The van der Waals surface area contributed by atoms with Crippen LogP contribution in [0.2, 0.25) is 0 Å². The molecule has 0 bridgehead atoms. The Hall–Kier alpha value is -1.50. The lowest BCUT2D eigenvalue weighted by Gasteiger charge is -1.99. The summed E-state index contributed by atoms with van der Waals surface area (Å²) in [7, 11) is 0. The molecular weight excluding hydrogens is 196 g/mol. The molecule has 1 aromatic rings. The van der Waals surface area contributed by atoms with Gasteiger partial charge >= 0.3 is 6.55 Å². The summed E-state index contributed by atoms with van der Waals surface area (Å²) in [6.07, 6.45) is 1.01. The Bertz CT molecular complexity index is 314. The molecule has 0 saturated carbocycles. The van der Waals surface area contributed by atoms with E-state index in [-0.39, 0.29) is 18.8 Å². The number of nitrogens with zero attached hydrogens (tertiary/aromatic N) is 2. The van der Waals surface area contributed by atoms with Crippen LogP contribution in [-0.4, -0.2) is 33.9 Å². The molecule has 1 heterocycles. The summed E-state index contributed by atoms with van der Waals surface area (Å²) < 4.78 is 24.4. The number of aliphatic hydroxyl groups excluding tert-OH is 1. The highest BCUT2D eigenvalue weighted by Crippen LogP contribution is 2.08. The molecule has 0 aliphatic carbocycles. The Balaban J connectivity index is 2.62. The minimum Gasteiger partial charge on any atom is -0.395 e. The largest absolute Gasteiger partial charge is 0.395 e. The van der Waals surface area contributed by atoms with Crippen molar-refractivity contribution in [2.24, 2.45) is 0 Å². The van der Waals surface area contributed by atoms with Crippen LogP contribution in [0.1, 0.15) is 17.0 Å². The Morgan fingerprint density at radius 2 is 2.43 bits per heavy atom. The minimum atomic E-state index is -2.76. The number of carbonyl (C=O) groups excluding carboxylic acids is 1. The second-order valence-corrected chi connectivity index (χ2v) is 2.44. The number of aromatic nitrogens is 2. The van der Waals surface area contributed by atoms with Crippen molar-refractivity contribution in [3.8, 4) is 0 Å². The summed E-state index contributed by atoms with van der Waals surface area (Å²) in [4.78, 5) is 11.1. The fourth-order valence-electron chi connectivity index (χ4n) is 0.828. The van der Waals surface area contributed by atoms with Gasteiger partial charge in [-0.2, -0.15) is 13.9 Å². The van der Waals surface area contributed by atoms with E-state index in [1.54, 1.807) is 0 Å². The van der Waals surface area contributed by atoms with Crippen molar-refractivity contribution in [1.29, 1.82) is 0 Å². The summed E-state index contributed by atoms with van der Waals surface area (Å²) in [6, 6.07) is 1.18. The highest BCUT2D eigenvalue weighted by atomic mass is 19.3. The number of hydrogen-bond acceptors (Lipinski definition) is 3. The van der Waals surface area contributed by atoms with E-state index >= 15 is 0 Å². The molecule has 0 unspecified atom stereocenters. The van der Waals surface area contributed by atoms with Gasteiger partial charge in [0.25, 0.3) is 5.91 Å². The van der Waals surface area contributed by atoms with Crippen molar-refractivity contribution in [3.63, 3.8) is 0 Å². The van der Waals surface area contributed by atoms with Crippen LogP contribution in [0.3, 0.4) is 0 Å². The number of hydrogen-bond donors (Lipinski definition) is 2. The van der Waals surface area contributed by atoms with Crippen molar-refractivity contribution in [2.45, 2.75) is 6.55 Å². The molecule has 0 aromatic carbocycles. The van der Waals surface area contributed by atoms with Gasteiger partial charge in [-0.25, -0.2) is 4.68 Å². The molecule has 0 saturated heterocycles. The summed E-state index contributed by atoms with van der Waals surface area (Å²) in [6.45, 7) is -2.89. The maximum atomic E-state index is 12.0. The molecule has 78 valence electrons. The van der Waals surface area contributed by atoms with Gasteiger partial charge < -0.3 is 10.4 Å². The fourth-order valence-corrected chi connectivity index (χ4v) is 0.828.